The molecule has 0 radical (unpaired) electrons. The van der Waals surface area contributed by atoms with Crippen molar-refractivity contribution in [2.75, 3.05) is 18.6 Å². The first-order valence-corrected chi connectivity index (χ1v) is 7.55. The number of hydrogen-bond donors (Lipinski definition) is 2. The number of carbonyl (C=O) groups is 1. The minimum absolute atomic E-state index is 0.0521. The van der Waals surface area contributed by atoms with Crippen LogP contribution in [0.1, 0.15) is 10.4 Å². The van der Waals surface area contributed by atoms with Crippen molar-refractivity contribution in [1.82, 2.24) is 10.3 Å². The molecule has 0 unspecified atom stereocenters. The molecule has 96 valence electrons. The fraction of sp³-hybridized carbons (Fsp3) is 0.250. The Hall–Kier alpha value is -1.82. The van der Waals surface area contributed by atoms with Crippen LogP contribution in [0.3, 0.4) is 0 Å². The van der Waals surface area contributed by atoms with Crippen LogP contribution >= 0.6 is 0 Å². The SMILES string of the molecule is CS(=O)(=O)CCNC(=O)c1ccc2cc[nH]c2c1. The van der Waals surface area contributed by atoms with E-state index in [9.17, 15) is 13.2 Å². The van der Waals surface area contributed by atoms with E-state index in [-0.39, 0.29) is 18.2 Å². The molecule has 0 aliphatic heterocycles. The lowest BCUT2D eigenvalue weighted by atomic mass is 10.1. The molecule has 0 aliphatic carbocycles. The average molecular weight is 266 g/mol. The molecule has 1 aromatic heterocycles. The van der Waals surface area contributed by atoms with Crippen molar-refractivity contribution in [2.24, 2.45) is 0 Å². The van der Waals surface area contributed by atoms with Gasteiger partial charge < -0.3 is 10.3 Å². The van der Waals surface area contributed by atoms with Gasteiger partial charge in [-0.2, -0.15) is 0 Å². The number of H-pyrrole nitrogens is 1. The van der Waals surface area contributed by atoms with Gasteiger partial charge in [-0.3, -0.25) is 4.79 Å². The van der Waals surface area contributed by atoms with E-state index < -0.39 is 9.84 Å². The largest absolute Gasteiger partial charge is 0.361 e. The highest BCUT2D eigenvalue weighted by atomic mass is 32.2. The minimum Gasteiger partial charge on any atom is -0.361 e. The Bertz CT molecular complexity index is 673. The van der Waals surface area contributed by atoms with Crippen molar-refractivity contribution in [1.29, 1.82) is 0 Å². The fourth-order valence-corrected chi connectivity index (χ4v) is 2.11. The lowest BCUT2D eigenvalue weighted by molar-refractivity contribution is 0.0956. The summed E-state index contributed by atoms with van der Waals surface area (Å²) in [6, 6.07) is 7.22. The Morgan fingerprint density at radius 2 is 2.11 bits per heavy atom. The second-order valence-electron chi connectivity index (χ2n) is 4.17. The highest BCUT2D eigenvalue weighted by Gasteiger charge is 2.08. The van der Waals surface area contributed by atoms with Crippen molar-refractivity contribution in [3.63, 3.8) is 0 Å². The molecule has 2 rings (SSSR count). The van der Waals surface area contributed by atoms with Gasteiger partial charge in [0.05, 0.1) is 5.75 Å². The van der Waals surface area contributed by atoms with Crippen LogP contribution in [0.15, 0.2) is 30.5 Å². The molecule has 0 saturated heterocycles. The van der Waals surface area contributed by atoms with Crippen LogP contribution in [0.5, 0.6) is 0 Å². The predicted molar refractivity (Wildman–Crippen MR) is 70.3 cm³/mol. The normalized spacial score (nSPS) is 11.6. The number of carbonyl (C=O) groups excluding carboxylic acids is 1. The molecule has 0 saturated carbocycles. The number of fused-ring (bicyclic) bond motifs is 1. The number of nitrogens with one attached hydrogen (secondary N) is 2. The van der Waals surface area contributed by atoms with Crippen molar-refractivity contribution in [2.45, 2.75) is 0 Å². The highest BCUT2D eigenvalue weighted by Crippen LogP contribution is 2.13. The van der Waals surface area contributed by atoms with Crippen LogP contribution in [-0.2, 0) is 9.84 Å². The second-order valence-corrected chi connectivity index (χ2v) is 6.43. The predicted octanol–water partition coefficient (Wildman–Crippen LogP) is 0.942. The Kier molecular flexibility index (Phi) is 3.38. The van der Waals surface area contributed by atoms with E-state index in [2.05, 4.69) is 10.3 Å². The molecule has 1 heterocycles. The Morgan fingerprint density at radius 3 is 2.83 bits per heavy atom. The van der Waals surface area contributed by atoms with E-state index in [0.717, 1.165) is 17.2 Å². The van der Waals surface area contributed by atoms with E-state index in [1.807, 2.05) is 12.1 Å². The van der Waals surface area contributed by atoms with Crippen LogP contribution in [0.2, 0.25) is 0 Å². The van der Waals surface area contributed by atoms with Crippen molar-refractivity contribution < 1.29 is 13.2 Å². The zero-order valence-corrected chi connectivity index (χ0v) is 10.8. The third kappa shape index (κ3) is 3.10. The van der Waals surface area contributed by atoms with E-state index in [4.69, 9.17) is 0 Å². The first-order valence-electron chi connectivity index (χ1n) is 5.49. The minimum atomic E-state index is -3.05. The van der Waals surface area contributed by atoms with Gasteiger partial charge >= 0.3 is 0 Å². The first-order chi connectivity index (χ1) is 8.46. The first kappa shape index (κ1) is 12.6. The summed E-state index contributed by atoms with van der Waals surface area (Å²) in [5.41, 5.74) is 1.39. The summed E-state index contributed by atoms with van der Waals surface area (Å²) in [4.78, 5) is 14.8. The molecule has 5 nitrogen and oxygen atoms in total. The molecule has 0 fully saturated rings. The van der Waals surface area contributed by atoms with E-state index in [1.54, 1.807) is 18.3 Å². The van der Waals surface area contributed by atoms with Gasteiger partial charge in [0.15, 0.2) is 0 Å². The molecule has 0 aliphatic rings. The van der Waals surface area contributed by atoms with Crippen molar-refractivity contribution >= 4 is 26.6 Å². The highest BCUT2D eigenvalue weighted by molar-refractivity contribution is 7.90. The maximum Gasteiger partial charge on any atom is 0.251 e. The number of benzene rings is 1. The van der Waals surface area contributed by atoms with Gasteiger partial charge in [-0.25, -0.2) is 8.42 Å². The Morgan fingerprint density at radius 1 is 1.33 bits per heavy atom. The Balaban J connectivity index is 2.04. The molecule has 1 aromatic carbocycles. The van der Waals surface area contributed by atoms with Crippen LogP contribution in [0.4, 0.5) is 0 Å². The van der Waals surface area contributed by atoms with Gasteiger partial charge in [0.2, 0.25) is 0 Å². The van der Waals surface area contributed by atoms with Crippen LogP contribution in [0.25, 0.3) is 10.9 Å². The van der Waals surface area contributed by atoms with Crippen molar-refractivity contribution in [3.8, 4) is 0 Å². The second kappa shape index (κ2) is 4.81. The maximum absolute atomic E-state index is 11.8. The van der Waals surface area contributed by atoms with Gasteiger partial charge in [0.1, 0.15) is 9.84 Å². The zero-order chi connectivity index (χ0) is 13.2. The summed E-state index contributed by atoms with van der Waals surface area (Å²) < 4.78 is 21.9. The lowest BCUT2D eigenvalue weighted by Crippen LogP contribution is -2.28. The third-order valence-corrected chi connectivity index (χ3v) is 3.52. The molecule has 0 atom stereocenters. The summed E-state index contributed by atoms with van der Waals surface area (Å²) in [7, 11) is -3.05. The standard InChI is InChI=1S/C12H14N2O3S/c1-18(16,17)7-6-14-12(15)10-3-2-9-4-5-13-11(9)8-10/h2-5,8,13H,6-7H2,1H3,(H,14,15). The summed E-state index contributed by atoms with van der Waals surface area (Å²) in [5.74, 6) is -0.320. The number of hydrogen-bond acceptors (Lipinski definition) is 3. The molecule has 2 N–H and O–H groups in total. The summed E-state index contributed by atoms with van der Waals surface area (Å²) in [6.45, 7) is 0.125. The van der Waals surface area contributed by atoms with Crippen LogP contribution in [-0.4, -0.2) is 37.9 Å². The monoisotopic (exact) mass is 266 g/mol. The van der Waals surface area contributed by atoms with Crippen LogP contribution < -0.4 is 5.32 Å². The molecule has 1 amide bonds. The number of aromatic amines is 1. The van der Waals surface area contributed by atoms with Gasteiger partial charge in [0, 0.05) is 30.1 Å². The molecule has 2 aromatic rings. The van der Waals surface area contributed by atoms with Gasteiger partial charge in [-0.15, -0.1) is 0 Å². The van der Waals surface area contributed by atoms with Crippen molar-refractivity contribution in [3.05, 3.63) is 36.0 Å². The van der Waals surface area contributed by atoms with Gasteiger partial charge in [0.25, 0.3) is 5.91 Å². The molecular formula is C12H14N2O3S. The quantitative estimate of drug-likeness (QED) is 0.864. The molecule has 0 bridgehead atoms. The number of amides is 1. The fourth-order valence-electron chi connectivity index (χ4n) is 1.64. The van der Waals surface area contributed by atoms with E-state index in [0.29, 0.717) is 5.56 Å². The average Bonchev–Trinajstić information content (AvgIpc) is 2.73. The van der Waals surface area contributed by atoms with Gasteiger partial charge in [-0.1, -0.05) is 6.07 Å². The van der Waals surface area contributed by atoms with Gasteiger partial charge in [-0.05, 0) is 23.6 Å². The summed E-state index contributed by atoms with van der Waals surface area (Å²) >= 11 is 0. The topological polar surface area (TPSA) is 79.0 Å². The molecule has 18 heavy (non-hydrogen) atoms. The van der Waals surface area contributed by atoms with Crippen LogP contribution in [0, 0.1) is 0 Å². The van der Waals surface area contributed by atoms with E-state index in [1.165, 1.54) is 0 Å². The molecular weight excluding hydrogens is 252 g/mol. The molecule has 6 heteroatoms. The third-order valence-electron chi connectivity index (χ3n) is 2.58. The zero-order valence-electron chi connectivity index (χ0n) is 9.93. The van der Waals surface area contributed by atoms with E-state index >= 15 is 0 Å². The Labute approximate surface area is 105 Å². The summed E-state index contributed by atoms with van der Waals surface area (Å²) in [6.07, 6.45) is 2.94. The maximum atomic E-state index is 11.8. The lowest BCUT2D eigenvalue weighted by Gasteiger charge is -2.04. The number of rotatable bonds is 4. The number of aromatic nitrogens is 1. The number of sulfone groups is 1. The molecule has 0 spiro atoms. The summed E-state index contributed by atoms with van der Waals surface area (Å²) in [5, 5.41) is 3.61. The smallest absolute Gasteiger partial charge is 0.251 e.